The van der Waals surface area contributed by atoms with E-state index in [0.29, 0.717) is 10.9 Å². The molecule has 0 saturated carbocycles. The van der Waals surface area contributed by atoms with E-state index < -0.39 is 30.0 Å². The van der Waals surface area contributed by atoms with Gasteiger partial charge in [0.05, 0.1) is 12.7 Å². The van der Waals surface area contributed by atoms with Crippen molar-refractivity contribution in [2.24, 2.45) is 0 Å². The number of benzene rings is 1. The molecule has 5 nitrogen and oxygen atoms in total. The highest BCUT2D eigenvalue weighted by Gasteiger charge is 2.19. The van der Waals surface area contributed by atoms with Crippen LogP contribution in [0, 0.1) is 5.82 Å². The molecule has 0 amide bonds. The molecule has 0 heterocycles. The first-order valence-electron chi connectivity index (χ1n) is 6.49. The van der Waals surface area contributed by atoms with Gasteiger partial charge in [0.25, 0.3) is 0 Å². The van der Waals surface area contributed by atoms with Crippen molar-refractivity contribution < 1.29 is 28.2 Å². The van der Waals surface area contributed by atoms with Gasteiger partial charge in [-0.25, -0.2) is 14.0 Å². The number of methoxy groups -OCH3 is 1. The fourth-order valence-corrected chi connectivity index (χ4v) is 2.09. The minimum absolute atomic E-state index is 0.0986. The lowest BCUT2D eigenvalue weighted by molar-refractivity contribution is -0.157. The Morgan fingerprint density at radius 2 is 1.91 bits per heavy atom. The van der Waals surface area contributed by atoms with Crippen LogP contribution >= 0.6 is 15.9 Å². The Bertz CT molecular complexity index is 566. The van der Waals surface area contributed by atoms with Crippen LogP contribution < -0.4 is 4.74 Å². The summed E-state index contributed by atoms with van der Waals surface area (Å²) in [5.41, 5.74) is -0.0525. The standard InChI is InChI=1S/C15H18BrFO5/c1-15(2,3)22-13(18)8-21-12-5-9(7-16)10(6-11(12)17)14(19)20-4/h5-6H,7-8H2,1-4H3. The normalized spacial score (nSPS) is 11.0. The third-order valence-electron chi connectivity index (χ3n) is 2.47. The molecule has 0 aliphatic rings. The summed E-state index contributed by atoms with van der Waals surface area (Å²) in [5.74, 6) is -2.14. The number of rotatable bonds is 5. The minimum atomic E-state index is -0.756. The Kier molecular flexibility index (Phi) is 6.34. The third-order valence-corrected chi connectivity index (χ3v) is 3.08. The molecule has 1 aromatic rings. The minimum Gasteiger partial charge on any atom is -0.479 e. The summed E-state index contributed by atoms with van der Waals surface area (Å²) >= 11 is 3.21. The van der Waals surface area contributed by atoms with E-state index in [4.69, 9.17) is 9.47 Å². The van der Waals surface area contributed by atoms with Crippen LogP contribution in [0.15, 0.2) is 12.1 Å². The maximum atomic E-state index is 14.0. The molecule has 0 aliphatic heterocycles. The molecule has 0 aromatic heterocycles. The highest BCUT2D eigenvalue weighted by atomic mass is 79.9. The molecule has 7 heteroatoms. The van der Waals surface area contributed by atoms with Gasteiger partial charge < -0.3 is 14.2 Å². The lowest BCUT2D eigenvalue weighted by Crippen LogP contribution is -2.27. The van der Waals surface area contributed by atoms with Crippen molar-refractivity contribution in [2.45, 2.75) is 31.7 Å². The molecule has 0 aliphatic carbocycles. The van der Waals surface area contributed by atoms with Crippen molar-refractivity contribution in [3.8, 4) is 5.75 Å². The molecule has 0 fully saturated rings. The van der Waals surface area contributed by atoms with Crippen LogP contribution in [0.5, 0.6) is 5.75 Å². The Morgan fingerprint density at radius 1 is 1.27 bits per heavy atom. The summed E-state index contributed by atoms with van der Waals surface area (Å²) < 4.78 is 28.7. The number of carbonyl (C=O) groups is 2. The van der Waals surface area contributed by atoms with Gasteiger partial charge in [-0.15, -0.1) is 0 Å². The van der Waals surface area contributed by atoms with Crippen molar-refractivity contribution in [2.75, 3.05) is 13.7 Å². The van der Waals surface area contributed by atoms with E-state index >= 15 is 0 Å². The van der Waals surface area contributed by atoms with Crippen molar-refractivity contribution in [3.05, 3.63) is 29.1 Å². The molecule has 0 unspecified atom stereocenters. The predicted octanol–water partition coefficient (Wildman–Crippen LogP) is 3.23. The quantitative estimate of drug-likeness (QED) is 0.583. The fourth-order valence-electron chi connectivity index (χ4n) is 1.62. The van der Waals surface area contributed by atoms with Gasteiger partial charge in [0.1, 0.15) is 5.60 Å². The van der Waals surface area contributed by atoms with Crippen LogP contribution in [0.4, 0.5) is 4.39 Å². The Balaban J connectivity index is 2.88. The van der Waals surface area contributed by atoms with E-state index in [2.05, 4.69) is 20.7 Å². The lowest BCUT2D eigenvalue weighted by atomic mass is 10.1. The van der Waals surface area contributed by atoms with E-state index in [1.165, 1.54) is 13.2 Å². The maximum absolute atomic E-state index is 14.0. The summed E-state index contributed by atoms with van der Waals surface area (Å²) in [4.78, 5) is 23.1. The van der Waals surface area contributed by atoms with Gasteiger partial charge in [0, 0.05) is 5.33 Å². The van der Waals surface area contributed by atoms with Gasteiger partial charge in [-0.3, -0.25) is 0 Å². The monoisotopic (exact) mass is 376 g/mol. The maximum Gasteiger partial charge on any atom is 0.344 e. The Morgan fingerprint density at radius 3 is 2.41 bits per heavy atom. The van der Waals surface area contributed by atoms with Crippen molar-refractivity contribution in [3.63, 3.8) is 0 Å². The number of esters is 2. The summed E-state index contributed by atoms with van der Waals surface area (Å²) in [6.07, 6.45) is 0. The van der Waals surface area contributed by atoms with Crippen LogP contribution in [-0.4, -0.2) is 31.3 Å². The zero-order chi connectivity index (χ0) is 16.9. The van der Waals surface area contributed by atoms with E-state index in [9.17, 15) is 14.0 Å². The van der Waals surface area contributed by atoms with Gasteiger partial charge in [-0.2, -0.15) is 0 Å². The topological polar surface area (TPSA) is 61.8 Å². The van der Waals surface area contributed by atoms with E-state index in [0.717, 1.165) is 6.07 Å². The van der Waals surface area contributed by atoms with E-state index in [-0.39, 0.29) is 11.3 Å². The number of halogens is 2. The van der Waals surface area contributed by atoms with Crippen LogP contribution in [-0.2, 0) is 19.6 Å². The molecule has 0 bridgehead atoms. The van der Waals surface area contributed by atoms with E-state index in [1.807, 2.05) is 0 Å². The van der Waals surface area contributed by atoms with Crippen molar-refractivity contribution in [1.29, 1.82) is 0 Å². The molecule has 22 heavy (non-hydrogen) atoms. The lowest BCUT2D eigenvalue weighted by Gasteiger charge is -2.19. The largest absolute Gasteiger partial charge is 0.479 e. The third kappa shape index (κ3) is 5.29. The molecule has 0 saturated heterocycles. The number of hydrogen-bond donors (Lipinski definition) is 0. The SMILES string of the molecule is COC(=O)c1cc(F)c(OCC(=O)OC(C)(C)C)cc1CBr. The Hall–Kier alpha value is -1.63. The first kappa shape index (κ1) is 18.4. The second-order valence-corrected chi connectivity index (χ2v) is 6.00. The second-order valence-electron chi connectivity index (χ2n) is 5.44. The highest BCUT2D eigenvalue weighted by Crippen LogP contribution is 2.25. The van der Waals surface area contributed by atoms with Crippen molar-refractivity contribution in [1.82, 2.24) is 0 Å². The van der Waals surface area contributed by atoms with Gasteiger partial charge in [-0.1, -0.05) is 15.9 Å². The molecule has 0 N–H and O–H groups in total. The number of carbonyl (C=O) groups excluding carboxylic acids is 2. The van der Waals surface area contributed by atoms with E-state index in [1.54, 1.807) is 20.8 Å². The molecule has 122 valence electrons. The Labute approximate surface area is 136 Å². The van der Waals surface area contributed by atoms with Gasteiger partial charge in [0.2, 0.25) is 0 Å². The van der Waals surface area contributed by atoms with Crippen molar-refractivity contribution >= 4 is 27.9 Å². The highest BCUT2D eigenvalue weighted by molar-refractivity contribution is 9.08. The summed E-state index contributed by atoms with van der Waals surface area (Å²) in [7, 11) is 1.21. The molecular formula is C15H18BrFO5. The predicted molar refractivity (Wildman–Crippen MR) is 81.7 cm³/mol. The second kappa shape index (κ2) is 7.58. The van der Waals surface area contributed by atoms with Gasteiger partial charge >= 0.3 is 11.9 Å². The summed E-state index contributed by atoms with van der Waals surface area (Å²) in [5, 5.41) is 0.306. The zero-order valence-corrected chi connectivity index (χ0v) is 14.5. The summed E-state index contributed by atoms with van der Waals surface area (Å²) in [6.45, 7) is 4.74. The molecule has 0 spiro atoms. The fraction of sp³-hybridized carbons (Fsp3) is 0.467. The molecule has 0 atom stereocenters. The number of hydrogen-bond acceptors (Lipinski definition) is 5. The molecule has 0 radical (unpaired) electrons. The van der Waals surface area contributed by atoms with Crippen LogP contribution in [0.25, 0.3) is 0 Å². The van der Waals surface area contributed by atoms with Gasteiger partial charge in [-0.05, 0) is 38.5 Å². The number of ether oxygens (including phenoxy) is 3. The number of alkyl halides is 1. The summed E-state index contributed by atoms with van der Waals surface area (Å²) in [6, 6.07) is 2.37. The first-order valence-corrected chi connectivity index (χ1v) is 7.61. The average Bonchev–Trinajstić information content (AvgIpc) is 2.42. The first-order chi connectivity index (χ1) is 10.2. The molecular weight excluding hydrogens is 359 g/mol. The zero-order valence-electron chi connectivity index (χ0n) is 12.9. The average molecular weight is 377 g/mol. The van der Waals surface area contributed by atoms with Crippen LogP contribution in [0.2, 0.25) is 0 Å². The smallest absolute Gasteiger partial charge is 0.344 e. The van der Waals surface area contributed by atoms with Crippen LogP contribution in [0.1, 0.15) is 36.7 Å². The molecule has 1 rings (SSSR count). The van der Waals surface area contributed by atoms with Gasteiger partial charge in [0.15, 0.2) is 18.2 Å². The molecule has 1 aromatic carbocycles. The van der Waals surface area contributed by atoms with Crippen LogP contribution in [0.3, 0.4) is 0 Å².